The minimum absolute atomic E-state index is 0.202. The fraction of sp³-hybridized carbons (Fsp3) is 0.609. The summed E-state index contributed by atoms with van der Waals surface area (Å²) in [5.74, 6) is 2.06. The number of ether oxygens (including phenoxy) is 2. The SMILES string of the molecule is CC(=O)Oc1cc2c(c(OC(C)=O)c1)[C@H]1CC[C@]3(C)C(=O)CC[C@H]3[C@@H]1[C@H](C)C2. The van der Waals surface area contributed by atoms with Gasteiger partial charge in [-0.05, 0) is 61.0 Å². The van der Waals surface area contributed by atoms with E-state index in [1.165, 1.54) is 13.8 Å². The average Bonchev–Trinajstić information content (AvgIpc) is 2.88. The Morgan fingerprint density at radius 3 is 2.50 bits per heavy atom. The highest BCUT2D eigenvalue weighted by molar-refractivity contribution is 5.87. The Kier molecular flexibility index (Phi) is 4.59. The van der Waals surface area contributed by atoms with Gasteiger partial charge in [0.1, 0.15) is 17.3 Å². The third-order valence-corrected chi connectivity index (χ3v) is 7.33. The van der Waals surface area contributed by atoms with E-state index >= 15 is 0 Å². The Labute approximate surface area is 165 Å². The van der Waals surface area contributed by atoms with Crippen molar-refractivity contribution in [2.75, 3.05) is 0 Å². The molecule has 0 heterocycles. The standard InChI is InChI=1S/C23H28O5/c1-12-9-15-10-16(27-13(2)24)11-19(28-14(3)25)22(15)17-7-8-23(4)18(21(12)17)5-6-20(23)26/h10-12,17-18,21H,5-9H2,1-4H3/t12-,17+,18+,21-,23+/m1/s1. The predicted molar refractivity (Wildman–Crippen MR) is 103 cm³/mol. The topological polar surface area (TPSA) is 69.7 Å². The average molecular weight is 384 g/mol. The third kappa shape index (κ3) is 2.96. The Balaban J connectivity index is 1.80. The number of hydrogen-bond acceptors (Lipinski definition) is 5. The van der Waals surface area contributed by atoms with Gasteiger partial charge in [-0.25, -0.2) is 0 Å². The molecule has 5 heteroatoms. The lowest BCUT2D eigenvalue weighted by molar-refractivity contribution is -0.132. The number of carbonyl (C=O) groups is 3. The third-order valence-electron chi connectivity index (χ3n) is 7.33. The van der Waals surface area contributed by atoms with E-state index in [0.717, 1.165) is 36.8 Å². The van der Waals surface area contributed by atoms with E-state index < -0.39 is 5.97 Å². The first-order valence-electron chi connectivity index (χ1n) is 10.3. The van der Waals surface area contributed by atoms with Crippen molar-refractivity contribution in [2.45, 2.75) is 65.7 Å². The molecule has 0 saturated heterocycles. The molecule has 28 heavy (non-hydrogen) atoms. The molecule has 150 valence electrons. The zero-order valence-electron chi connectivity index (χ0n) is 17.0. The van der Waals surface area contributed by atoms with Gasteiger partial charge in [-0.15, -0.1) is 0 Å². The van der Waals surface area contributed by atoms with Gasteiger partial charge in [-0.1, -0.05) is 13.8 Å². The monoisotopic (exact) mass is 384 g/mol. The number of benzene rings is 1. The van der Waals surface area contributed by atoms with Gasteiger partial charge >= 0.3 is 11.9 Å². The quantitative estimate of drug-likeness (QED) is 0.564. The maximum absolute atomic E-state index is 12.6. The van der Waals surface area contributed by atoms with Crippen molar-refractivity contribution in [3.8, 4) is 11.5 Å². The van der Waals surface area contributed by atoms with Crippen LogP contribution in [-0.4, -0.2) is 17.7 Å². The molecule has 0 spiro atoms. The molecule has 0 bridgehead atoms. The number of hydrogen-bond donors (Lipinski definition) is 0. The van der Waals surface area contributed by atoms with Gasteiger partial charge in [0.25, 0.3) is 0 Å². The number of rotatable bonds is 2. The fourth-order valence-corrected chi connectivity index (χ4v) is 6.29. The molecule has 0 radical (unpaired) electrons. The van der Waals surface area contributed by atoms with Crippen molar-refractivity contribution in [1.29, 1.82) is 0 Å². The first-order chi connectivity index (χ1) is 13.2. The fourth-order valence-electron chi connectivity index (χ4n) is 6.29. The summed E-state index contributed by atoms with van der Waals surface area (Å²) in [7, 11) is 0. The number of esters is 2. The van der Waals surface area contributed by atoms with Crippen LogP contribution in [0.25, 0.3) is 0 Å². The molecule has 0 unspecified atom stereocenters. The molecular weight excluding hydrogens is 356 g/mol. The molecule has 0 aromatic heterocycles. The summed E-state index contributed by atoms with van der Waals surface area (Å²) in [6.07, 6.45) is 4.29. The highest BCUT2D eigenvalue weighted by Gasteiger charge is 2.56. The van der Waals surface area contributed by atoms with E-state index in [1.807, 2.05) is 6.07 Å². The lowest BCUT2D eigenvalue weighted by Crippen LogP contribution is -2.45. The van der Waals surface area contributed by atoms with Gasteiger partial charge in [0.2, 0.25) is 0 Å². The highest BCUT2D eigenvalue weighted by atomic mass is 16.5. The van der Waals surface area contributed by atoms with Gasteiger partial charge in [0.05, 0.1) is 0 Å². The summed E-state index contributed by atoms with van der Waals surface area (Å²) in [4.78, 5) is 35.8. The second-order valence-corrected chi connectivity index (χ2v) is 9.07. The predicted octanol–water partition coefficient (Wildman–Crippen LogP) is 4.21. The molecule has 1 aromatic carbocycles. The molecule has 0 N–H and O–H groups in total. The molecule has 0 aliphatic heterocycles. The van der Waals surface area contributed by atoms with Crippen LogP contribution in [0.15, 0.2) is 12.1 Å². The minimum Gasteiger partial charge on any atom is -0.427 e. The molecule has 5 atom stereocenters. The zero-order valence-corrected chi connectivity index (χ0v) is 17.0. The highest BCUT2D eigenvalue weighted by Crippen LogP contribution is 2.62. The Morgan fingerprint density at radius 1 is 1.11 bits per heavy atom. The maximum Gasteiger partial charge on any atom is 0.308 e. The summed E-state index contributed by atoms with van der Waals surface area (Å²) in [6, 6.07) is 3.59. The number of ketones is 1. The lowest BCUT2D eigenvalue weighted by atomic mass is 9.53. The van der Waals surface area contributed by atoms with Gasteiger partial charge in [0, 0.05) is 37.3 Å². The van der Waals surface area contributed by atoms with Crippen molar-refractivity contribution in [3.05, 3.63) is 23.3 Å². The van der Waals surface area contributed by atoms with E-state index in [0.29, 0.717) is 41.5 Å². The first-order valence-corrected chi connectivity index (χ1v) is 10.3. The van der Waals surface area contributed by atoms with Crippen LogP contribution in [0, 0.1) is 23.2 Å². The van der Waals surface area contributed by atoms with Gasteiger partial charge < -0.3 is 9.47 Å². The van der Waals surface area contributed by atoms with Crippen LogP contribution in [0.4, 0.5) is 0 Å². The van der Waals surface area contributed by atoms with Gasteiger partial charge in [0.15, 0.2) is 0 Å². The summed E-state index contributed by atoms with van der Waals surface area (Å²) in [5.41, 5.74) is 1.97. The minimum atomic E-state index is -0.395. The smallest absolute Gasteiger partial charge is 0.308 e. The largest absolute Gasteiger partial charge is 0.427 e. The molecule has 2 fully saturated rings. The van der Waals surface area contributed by atoms with Crippen LogP contribution < -0.4 is 9.47 Å². The summed E-state index contributed by atoms with van der Waals surface area (Å²) in [5, 5.41) is 0. The lowest BCUT2D eigenvalue weighted by Gasteiger charge is -2.51. The molecule has 0 amide bonds. The van der Waals surface area contributed by atoms with Crippen LogP contribution in [0.5, 0.6) is 11.5 Å². The van der Waals surface area contributed by atoms with Crippen LogP contribution in [0.2, 0.25) is 0 Å². The number of Topliss-reactive ketones (excluding diaryl/α,β-unsaturated/α-hetero) is 1. The molecule has 2 saturated carbocycles. The Hall–Kier alpha value is -2.17. The maximum atomic E-state index is 12.6. The van der Waals surface area contributed by atoms with E-state index in [9.17, 15) is 14.4 Å². The van der Waals surface area contributed by atoms with Crippen molar-refractivity contribution in [3.63, 3.8) is 0 Å². The normalized spacial score (nSPS) is 33.5. The van der Waals surface area contributed by atoms with Crippen molar-refractivity contribution in [2.24, 2.45) is 23.2 Å². The van der Waals surface area contributed by atoms with Gasteiger partial charge in [-0.2, -0.15) is 0 Å². The van der Waals surface area contributed by atoms with Gasteiger partial charge in [-0.3, -0.25) is 14.4 Å². The van der Waals surface area contributed by atoms with Crippen LogP contribution in [0.3, 0.4) is 0 Å². The van der Waals surface area contributed by atoms with E-state index in [4.69, 9.17) is 9.47 Å². The van der Waals surface area contributed by atoms with Crippen molar-refractivity contribution < 1.29 is 23.9 Å². The molecular formula is C23H28O5. The van der Waals surface area contributed by atoms with E-state index in [2.05, 4.69) is 13.8 Å². The number of fused-ring (bicyclic) bond motifs is 5. The molecule has 5 nitrogen and oxygen atoms in total. The molecule has 3 aliphatic rings. The second-order valence-electron chi connectivity index (χ2n) is 9.07. The Bertz CT molecular complexity index is 857. The molecule has 4 rings (SSSR count). The summed E-state index contributed by atoms with van der Waals surface area (Å²) < 4.78 is 10.9. The zero-order chi connectivity index (χ0) is 20.2. The summed E-state index contributed by atoms with van der Waals surface area (Å²) in [6.45, 7) is 7.17. The van der Waals surface area contributed by atoms with E-state index in [-0.39, 0.29) is 17.3 Å². The van der Waals surface area contributed by atoms with Crippen molar-refractivity contribution >= 4 is 17.7 Å². The first kappa shape index (κ1) is 19.2. The second kappa shape index (κ2) is 6.71. The van der Waals surface area contributed by atoms with Crippen LogP contribution >= 0.6 is 0 Å². The summed E-state index contributed by atoms with van der Waals surface area (Å²) >= 11 is 0. The van der Waals surface area contributed by atoms with Crippen molar-refractivity contribution in [1.82, 2.24) is 0 Å². The van der Waals surface area contributed by atoms with Crippen LogP contribution in [0.1, 0.15) is 70.4 Å². The molecule has 1 aromatic rings. The number of carbonyl (C=O) groups excluding carboxylic acids is 3. The Morgan fingerprint density at radius 2 is 1.82 bits per heavy atom. The van der Waals surface area contributed by atoms with E-state index in [1.54, 1.807) is 6.07 Å². The van der Waals surface area contributed by atoms with Crippen LogP contribution in [-0.2, 0) is 20.8 Å². The molecule has 3 aliphatic carbocycles.